The fourth-order valence-electron chi connectivity index (χ4n) is 3.17. The molecular formula is C23H25ClN2O2. The smallest absolute Gasteiger partial charge is 0.236 e. The van der Waals surface area contributed by atoms with Gasteiger partial charge in [-0.2, -0.15) is 0 Å². The molecule has 0 spiro atoms. The Bertz CT molecular complexity index is 974. The lowest BCUT2D eigenvalue weighted by Gasteiger charge is -2.20. The van der Waals surface area contributed by atoms with Gasteiger partial charge in [0.2, 0.25) is 5.91 Å². The maximum Gasteiger partial charge on any atom is 0.236 e. The van der Waals surface area contributed by atoms with Gasteiger partial charge < -0.3 is 15.0 Å². The predicted molar refractivity (Wildman–Crippen MR) is 115 cm³/mol. The number of benzene rings is 3. The van der Waals surface area contributed by atoms with E-state index in [0.29, 0.717) is 11.6 Å². The molecular weight excluding hydrogens is 372 g/mol. The molecule has 0 saturated carbocycles. The third kappa shape index (κ3) is 4.83. The molecule has 3 rings (SSSR count). The van der Waals surface area contributed by atoms with Crippen molar-refractivity contribution in [2.24, 2.45) is 0 Å². The van der Waals surface area contributed by atoms with E-state index in [1.807, 2.05) is 62.5 Å². The van der Waals surface area contributed by atoms with Crippen LogP contribution in [0.1, 0.15) is 24.1 Å². The Balaban J connectivity index is 1.59. The van der Waals surface area contributed by atoms with E-state index in [2.05, 4.69) is 17.4 Å². The van der Waals surface area contributed by atoms with Gasteiger partial charge in [-0.25, -0.2) is 0 Å². The lowest BCUT2D eigenvalue weighted by molar-refractivity contribution is -0.129. The van der Waals surface area contributed by atoms with Gasteiger partial charge in [-0.3, -0.25) is 4.79 Å². The Morgan fingerprint density at radius 1 is 1.11 bits per heavy atom. The van der Waals surface area contributed by atoms with Crippen LogP contribution in [-0.2, 0) is 11.3 Å². The van der Waals surface area contributed by atoms with Crippen LogP contribution in [0.4, 0.5) is 0 Å². The minimum Gasteiger partial charge on any atom is -0.497 e. The Kier molecular flexibility index (Phi) is 6.55. The van der Waals surface area contributed by atoms with Crippen LogP contribution in [0.2, 0.25) is 5.02 Å². The summed E-state index contributed by atoms with van der Waals surface area (Å²) < 4.78 is 5.27. The number of amides is 1. The third-order valence-electron chi connectivity index (χ3n) is 4.89. The van der Waals surface area contributed by atoms with Crippen LogP contribution in [0.15, 0.2) is 60.7 Å². The largest absolute Gasteiger partial charge is 0.497 e. The second kappa shape index (κ2) is 9.09. The summed E-state index contributed by atoms with van der Waals surface area (Å²) in [5, 5.41) is 6.21. The monoisotopic (exact) mass is 396 g/mol. The van der Waals surface area contributed by atoms with Crippen molar-refractivity contribution in [3.05, 3.63) is 76.8 Å². The van der Waals surface area contributed by atoms with Crippen LogP contribution in [0.25, 0.3) is 10.8 Å². The number of likely N-dealkylation sites (N-methyl/N-ethyl adjacent to an activating group) is 1. The van der Waals surface area contributed by atoms with E-state index in [9.17, 15) is 4.79 Å². The highest BCUT2D eigenvalue weighted by Gasteiger charge is 2.13. The second-order valence-electron chi connectivity index (χ2n) is 6.92. The van der Waals surface area contributed by atoms with Gasteiger partial charge >= 0.3 is 0 Å². The first-order chi connectivity index (χ1) is 13.5. The minimum atomic E-state index is 0.00157. The van der Waals surface area contributed by atoms with Crippen molar-refractivity contribution in [1.82, 2.24) is 10.2 Å². The minimum absolute atomic E-state index is 0.00157. The molecule has 0 fully saturated rings. The number of nitrogens with one attached hydrogen (secondary N) is 1. The molecule has 0 unspecified atom stereocenters. The average molecular weight is 397 g/mol. The van der Waals surface area contributed by atoms with Crippen LogP contribution >= 0.6 is 11.6 Å². The molecule has 0 bridgehead atoms. The van der Waals surface area contributed by atoms with Crippen LogP contribution in [0.5, 0.6) is 5.75 Å². The molecule has 1 amide bonds. The molecule has 1 N–H and O–H groups in total. The number of carbonyl (C=O) groups excluding carboxylic acids is 1. The van der Waals surface area contributed by atoms with E-state index >= 15 is 0 Å². The maximum absolute atomic E-state index is 12.5. The molecule has 0 aromatic heterocycles. The highest BCUT2D eigenvalue weighted by molar-refractivity contribution is 6.31. The summed E-state index contributed by atoms with van der Waals surface area (Å²) in [5.41, 5.74) is 2.08. The number of hydrogen-bond donors (Lipinski definition) is 1. The summed E-state index contributed by atoms with van der Waals surface area (Å²) >= 11 is 6.23. The van der Waals surface area contributed by atoms with E-state index in [1.165, 1.54) is 0 Å². The zero-order valence-electron chi connectivity index (χ0n) is 16.4. The van der Waals surface area contributed by atoms with Crippen LogP contribution in [0.3, 0.4) is 0 Å². The summed E-state index contributed by atoms with van der Waals surface area (Å²) in [6.07, 6.45) is 0. The number of hydrogen-bond acceptors (Lipinski definition) is 3. The number of carbonyl (C=O) groups is 1. The number of fused-ring (bicyclic) bond motifs is 1. The molecule has 0 radical (unpaired) electrons. The average Bonchev–Trinajstić information content (AvgIpc) is 2.71. The highest BCUT2D eigenvalue weighted by atomic mass is 35.5. The van der Waals surface area contributed by atoms with Gasteiger partial charge in [0, 0.05) is 24.7 Å². The van der Waals surface area contributed by atoms with E-state index in [1.54, 1.807) is 12.0 Å². The van der Waals surface area contributed by atoms with E-state index in [0.717, 1.165) is 27.6 Å². The fourth-order valence-corrected chi connectivity index (χ4v) is 3.47. The lowest BCUT2D eigenvalue weighted by Crippen LogP contribution is -2.36. The molecule has 1 atom stereocenters. The Hall–Kier alpha value is -2.56. The first-order valence-electron chi connectivity index (χ1n) is 9.26. The quantitative estimate of drug-likeness (QED) is 0.623. The number of halogens is 1. The summed E-state index contributed by atoms with van der Waals surface area (Å²) in [4.78, 5) is 14.3. The summed E-state index contributed by atoms with van der Waals surface area (Å²) in [7, 11) is 3.49. The molecule has 4 nitrogen and oxygen atoms in total. The van der Waals surface area contributed by atoms with Gasteiger partial charge in [0.25, 0.3) is 0 Å². The fraction of sp³-hybridized carbons (Fsp3) is 0.261. The van der Waals surface area contributed by atoms with Gasteiger partial charge in [0.1, 0.15) is 5.75 Å². The highest BCUT2D eigenvalue weighted by Crippen LogP contribution is 2.23. The first kappa shape index (κ1) is 20.2. The molecule has 0 aliphatic heterocycles. The molecule has 3 aromatic rings. The molecule has 0 aliphatic carbocycles. The van der Waals surface area contributed by atoms with E-state index < -0.39 is 0 Å². The van der Waals surface area contributed by atoms with E-state index in [-0.39, 0.29) is 18.5 Å². The van der Waals surface area contributed by atoms with Gasteiger partial charge in [0.15, 0.2) is 0 Å². The van der Waals surface area contributed by atoms with Crippen molar-refractivity contribution in [2.75, 3.05) is 20.7 Å². The zero-order valence-corrected chi connectivity index (χ0v) is 17.2. The second-order valence-corrected chi connectivity index (χ2v) is 7.33. The molecule has 0 aliphatic rings. The Morgan fingerprint density at radius 3 is 2.57 bits per heavy atom. The topological polar surface area (TPSA) is 41.6 Å². The van der Waals surface area contributed by atoms with Crippen molar-refractivity contribution in [2.45, 2.75) is 19.5 Å². The van der Waals surface area contributed by atoms with Crippen LogP contribution < -0.4 is 10.1 Å². The Morgan fingerprint density at radius 2 is 1.82 bits per heavy atom. The maximum atomic E-state index is 12.5. The normalized spacial score (nSPS) is 12.0. The standard InChI is InChI=1S/C23H25ClN2O2/c1-16(21-6-4-5-7-22(21)24)25-14-23(27)26(2)15-17-8-9-19-13-20(28-3)11-10-18(19)12-17/h4-13,16,25H,14-15H2,1-3H3/t16-/m1/s1. The van der Waals surface area contributed by atoms with Crippen molar-refractivity contribution in [3.8, 4) is 5.75 Å². The molecule has 146 valence electrons. The molecule has 5 heteroatoms. The van der Waals surface area contributed by atoms with Gasteiger partial charge in [-0.05, 0) is 53.1 Å². The lowest BCUT2D eigenvalue weighted by atomic mass is 10.1. The number of nitrogens with zero attached hydrogens (tertiary/aromatic N) is 1. The van der Waals surface area contributed by atoms with E-state index in [4.69, 9.17) is 16.3 Å². The zero-order chi connectivity index (χ0) is 20.1. The van der Waals surface area contributed by atoms with Gasteiger partial charge in [-0.1, -0.05) is 48.0 Å². The Labute approximate surface area is 171 Å². The number of ether oxygens (including phenoxy) is 1. The predicted octanol–water partition coefficient (Wildman–Crippen LogP) is 4.81. The third-order valence-corrected chi connectivity index (χ3v) is 5.23. The summed E-state index contributed by atoms with van der Waals surface area (Å²) in [6.45, 7) is 2.82. The molecule has 0 heterocycles. The van der Waals surface area contributed by atoms with Crippen molar-refractivity contribution in [1.29, 1.82) is 0 Å². The first-order valence-corrected chi connectivity index (χ1v) is 9.64. The SMILES string of the molecule is COc1ccc2cc(CN(C)C(=O)CN[C@H](C)c3ccccc3Cl)ccc2c1. The van der Waals surface area contributed by atoms with Crippen molar-refractivity contribution in [3.63, 3.8) is 0 Å². The molecule has 0 saturated heterocycles. The summed E-state index contributed by atoms with van der Waals surface area (Å²) in [6, 6.07) is 19.9. The van der Waals surface area contributed by atoms with Gasteiger partial charge in [-0.15, -0.1) is 0 Å². The van der Waals surface area contributed by atoms with Crippen LogP contribution in [0, 0.1) is 0 Å². The van der Waals surface area contributed by atoms with Crippen molar-refractivity contribution >= 4 is 28.3 Å². The molecule has 28 heavy (non-hydrogen) atoms. The van der Waals surface area contributed by atoms with Gasteiger partial charge in [0.05, 0.1) is 13.7 Å². The number of methoxy groups -OCH3 is 1. The summed E-state index contributed by atoms with van der Waals surface area (Å²) in [5.74, 6) is 0.875. The number of rotatable bonds is 7. The van der Waals surface area contributed by atoms with Crippen LogP contribution in [-0.4, -0.2) is 31.5 Å². The van der Waals surface area contributed by atoms with Crippen molar-refractivity contribution < 1.29 is 9.53 Å². The molecule has 3 aromatic carbocycles.